The normalized spacial score (nSPS) is 11.5. The number of hydrogen-bond acceptors (Lipinski definition) is 5. The van der Waals surface area contributed by atoms with Gasteiger partial charge in [0.2, 0.25) is 5.60 Å². The summed E-state index contributed by atoms with van der Waals surface area (Å²) < 4.78 is 9.17. The van der Waals surface area contributed by atoms with E-state index in [4.69, 9.17) is 5.11 Å². The molecule has 0 aromatic heterocycles. The Bertz CT molecular complexity index is 278. The molecule has 6 heteroatoms. The van der Waals surface area contributed by atoms with Crippen LogP contribution in [0.4, 0.5) is 0 Å². The summed E-state index contributed by atoms with van der Waals surface area (Å²) in [5.41, 5.74) is -1.68. The molecule has 0 heterocycles. The fraction of sp³-hybridized carbons (Fsp3) is 0.812. The van der Waals surface area contributed by atoms with Crippen molar-refractivity contribution in [3.8, 4) is 0 Å². The second-order valence-electron chi connectivity index (χ2n) is 3.59. The molecule has 142 valence electrons. The highest BCUT2D eigenvalue weighted by molar-refractivity contribution is 6.04. The van der Waals surface area contributed by atoms with E-state index in [0.717, 1.165) is 0 Å². The van der Waals surface area contributed by atoms with E-state index < -0.39 is 17.4 Å². The molecule has 0 amide bonds. The largest absolute Gasteiger partial charge is 0.479 e. The van der Waals surface area contributed by atoms with Crippen LogP contribution in [0.3, 0.4) is 0 Å². The highest BCUT2D eigenvalue weighted by Crippen LogP contribution is 2.09. The summed E-state index contributed by atoms with van der Waals surface area (Å²) in [6, 6.07) is 0. The fourth-order valence-corrected chi connectivity index (χ4v) is 0.548. The molecule has 22 heavy (non-hydrogen) atoms. The number of carboxylic acid groups (broad SMARTS) is 1. The molecule has 0 saturated carbocycles. The van der Waals surface area contributed by atoms with Gasteiger partial charge in [0.1, 0.15) is 6.10 Å². The molecule has 0 fully saturated rings. The van der Waals surface area contributed by atoms with Crippen molar-refractivity contribution < 1.29 is 30.4 Å². The number of carbonyl (C=O) groups excluding carboxylic acids is 2. The summed E-state index contributed by atoms with van der Waals surface area (Å²) in [6.07, 6.45) is -0.236. The van der Waals surface area contributed by atoms with Crippen molar-refractivity contribution in [3.05, 3.63) is 0 Å². The van der Waals surface area contributed by atoms with Crippen molar-refractivity contribution in [2.75, 3.05) is 14.2 Å². The van der Waals surface area contributed by atoms with Crippen LogP contribution in [0.1, 0.15) is 66.3 Å². The third-order valence-electron chi connectivity index (χ3n) is 2.41. The minimum atomic E-state index is -1.68. The topological polar surface area (TPSA) is 89.9 Å². The fourth-order valence-electron chi connectivity index (χ4n) is 0.548. The number of ether oxygens (including phenoxy) is 2. The van der Waals surface area contributed by atoms with Crippen molar-refractivity contribution >= 4 is 17.5 Å². The maximum atomic E-state index is 10.6. The number of Topliss-reactive ketones (excluding diaryl/α,β-unsaturated/α-hetero) is 2. The van der Waals surface area contributed by atoms with E-state index in [0.29, 0.717) is 0 Å². The van der Waals surface area contributed by atoms with Gasteiger partial charge in [0.05, 0.1) is 0 Å². The Labute approximate surface area is 139 Å². The Kier molecular flexibility index (Phi) is 38.4. The van der Waals surface area contributed by atoms with E-state index in [1.165, 1.54) is 35.0 Å². The Morgan fingerprint density at radius 1 is 1.00 bits per heavy atom. The van der Waals surface area contributed by atoms with Crippen LogP contribution < -0.4 is 0 Å². The summed E-state index contributed by atoms with van der Waals surface area (Å²) >= 11 is 0. The molecule has 0 aromatic carbocycles. The zero-order valence-electron chi connectivity index (χ0n) is 11.1. The molecule has 0 aliphatic rings. The predicted molar refractivity (Wildman–Crippen MR) is 96.7 cm³/mol. The van der Waals surface area contributed by atoms with E-state index in [-0.39, 0.29) is 50.4 Å². The highest BCUT2D eigenvalue weighted by atomic mass is 16.5. The monoisotopic (exact) mass is 331 g/mol. The van der Waals surface area contributed by atoms with Gasteiger partial charge in [0, 0.05) is 15.6 Å². The molecule has 6 nitrogen and oxygen atoms in total. The summed E-state index contributed by atoms with van der Waals surface area (Å²) in [5, 5.41) is 8.46. The van der Waals surface area contributed by atoms with E-state index in [1.807, 2.05) is 0 Å². The first-order valence-corrected chi connectivity index (χ1v) is 4.96. The number of hydrogen-bond donors (Lipinski definition) is 1. The number of carbonyl (C=O) groups is 3. The zero-order valence-corrected chi connectivity index (χ0v) is 11.1. The van der Waals surface area contributed by atoms with Gasteiger partial charge >= 0.3 is 5.97 Å². The number of rotatable bonds is 5. The molecule has 0 spiro atoms. The second-order valence-corrected chi connectivity index (χ2v) is 3.59. The number of carboxylic acids is 1. The van der Waals surface area contributed by atoms with Crippen LogP contribution in [0, 0.1) is 0 Å². The van der Waals surface area contributed by atoms with Crippen LogP contribution in [0.25, 0.3) is 0 Å². The Hall–Kier alpha value is -1.27. The van der Waals surface area contributed by atoms with Gasteiger partial charge in [-0.25, -0.2) is 4.79 Å². The van der Waals surface area contributed by atoms with E-state index in [9.17, 15) is 14.4 Å². The predicted octanol–water partition coefficient (Wildman–Crippen LogP) is 4.10. The lowest BCUT2D eigenvalue weighted by Crippen LogP contribution is -2.44. The molecule has 0 aromatic rings. The van der Waals surface area contributed by atoms with Crippen molar-refractivity contribution in [3.63, 3.8) is 0 Å². The third kappa shape index (κ3) is 15.1. The maximum Gasteiger partial charge on any atom is 0.343 e. The summed E-state index contributed by atoms with van der Waals surface area (Å²) in [5.74, 6) is -1.70. The van der Waals surface area contributed by atoms with Gasteiger partial charge in [0.15, 0.2) is 11.6 Å². The van der Waals surface area contributed by atoms with Crippen LogP contribution in [0.5, 0.6) is 0 Å². The lowest BCUT2D eigenvalue weighted by molar-refractivity contribution is -0.165. The van der Waals surface area contributed by atoms with Gasteiger partial charge in [-0.15, -0.1) is 0 Å². The first-order valence-electron chi connectivity index (χ1n) is 4.96. The highest BCUT2D eigenvalue weighted by Gasteiger charge is 2.38. The molecule has 0 saturated heterocycles. The third-order valence-corrected chi connectivity index (χ3v) is 2.41. The molecule has 0 bridgehead atoms. The summed E-state index contributed by atoms with van der Waals surface area (Å²) in [4.78, 5) is 31.2. The molecule has 0 aliphatic heterocycles. The van der Waals surface area contributed by atoms with E-state index in [2.05, 4.69) is 9.47 Å². The molecular formula is C16H42O6. The van der Waals surface area contributed by atoms with Crippen LogP contribution in [0.15, 0.2) is 0 Å². The van der Waals surface area contributed by atoms with Crippen molar-refractivity contribution in [2.45, 2.75) is 76.5 Å². The van der Waals surface area contributed by atoms with Crippen molar-refractivity contribution in [1.29, 1.82) is 0 Å². The molecule has 1 N–H and O–H groups in total. The minimum Gasteiger partial charge on any atom is -0.479 e. The number of methoxy groups -OCH3 is 2. The molecule has 0 rings (SSSR count). The van der Waals surface area contributed by atoms with Gasteiger partial charge in [-0.05, 0) is 27.7 Å². The van der Waals surface area contributed by atoms with Gasteiger partial charge in [0.25, 0.3) is 0 Å². The zero-order chi connectivity index (χ0) is 14.2. The van der Waals surface area contributed by atoms with E-state index >= 15 is 0 Å². The van der Waals surface area contributed by atoms with Crippen LogP contribution in [-0.4, -0.2) is 48.6 Å². The van der Waals surface area contributed by atoms with Crippen molar-refractivity contribution in [1.82, 2.24) is 0 Å². The van der Waals surface area contributed by atoms with Gasteiger partial charge in [-0.2, -0.15) is 0 Å². The first kappa shape index (κ1) is 42.8. The van der Waals surface area contributed by atoms with Gasteiger partial charge < -0.3 is 14.6 Å². The molecular weight excluding hydrogens is 288 g/mol. The SMILES string of the molecule is C.C.C.C.C.COC(C)(C(C)=O)C(=O)O.COC(C)C(C)=O.[2HH]. The van der Waals surface area contributed by atoms with Gasteiger partial charge in [-0.1, -0.05) is 37.1 Å². The van der Waals surface area contributed by atoms with Crippen molar-refractivity contribution in [2.24, 2.45) is 0 Å². The average Bonchev–Trinajstić information content (AvgIpc) is 2.26. The lowest BCUT2D eigenvalue weighted by Gasteiger charge is -2.18. The first-order chi connectivity index (χ1) is 7.63. The molecule has 0 aliphatic carbocycles. The summed E-state index contributed by atoms with van der Waals surface area (Å²) in [7, 11) is 2.71. The Morgan fingerprint density at radius 2 is 1.32 bits per heavy atom. The summed E-state index contributed by atoms with van der Waals surface area (Å²) in [6.45, 7) is 5.63. The molecule has 2 unspecified atom stereocenters. The van der Waals surface area contributed by atoms with Crippen LogP contribution in [0.2, 0.25) is 0 Å². The number of aliphatic carboxylic acids is 1. The van der Waals surface area contributed by atoms with Crippen LogP contribution in [-0.2, 0) is 23.9 Å². The number of ketones is 2. The smallest absolute Gasteiger partial charge is 0.343 e. The van der Waals surface area contributed by atoms with Gasteiger partial charge in [-0.3, -0.25) is 9.59 Å². The van der Waals surface area contributed by atoms with E-state index in [1.54, 1.807) is 6.92 Å². The maximum absolute atomic E-state index is 10.6. The second kappa shape index (κ2) is 19.7. The molecule has 0 radical (unpaired) electrons. The Balaban J connectivity index is -0.0000000267. The lowest BCUT2D eigenvalue weighted by atomic mass is 10.0. The Morgan fingerprint density at radius 3 is 1.32 bits per heavy atom. The van der Waals surface area contributed by atoms with Crippen LogP contribution >= 0.6 is 0 Å². The quantitative estimate of drug-likeness (QED) is 0.763. The minimum absolute atomic E-state index is 0. The average molecular weight is 332 g/mol. The standard InChI is InChI=1S/C6H10O4.C5H10O2.5CH4.H2/c1-4(7)6(2,10-3)5(8)9;1-4(6)5(2)7-3;;;;;;/h1-3H3,(H,8,9);5H,1-3H3;5*1H4;1H/i;;;;;;;1+1. The molecule has 2 atom stereocenters.